The fourth-order valence-electron chi connectivity index (χ4n) is 2.61. The molecular weight excluding hydrogens is 360 g/mol. The summed E-state index contributed by atoms with van der Waals surface area (Å²) >= 11 is 3.30. The molecule has 0 radical (unpaired) electrons. The lowest BCUT2D eigenvalue weighted by molar-refractivity contribution is 0.00877. The van der Waals surface area contributed by atoms with E-state index in [1.165, 1.54) is 0 Å². The zero-order chi connectivity index (χ0) is 17.2. The Balaban J connectivity index is 2.11. The van der Waals surface area contributed by atoms with E-state index >= 15 is 0 Å². The van der Waals surface area contributed by atoms with E-state index in [0.29, 0.717) is 17.1 Å². The Morgan fingerprint density at radius 2 is 2.00 bits per heavy atom. The van der Waals surface area contributed by atoms with E-state index < -0.39 is 5.60 Å². The van der Waals surface area contributed by atoms with Crippen LogP contribution in [0.4, 0.5) is 10.6 Å². The van der Waals surface area contributed by atoms with Crippen LogP contribution in [0, 0.1) is 5.92 Å². The maximum atomic E-state index is 12.5. The number of amides is 1. The zero-order valence-corrected chi connectivity index (χ0v) is 16.0. The molecule has 23 heavy (non-hydrogen) atoms. The van der Waals surface area contributed by atoms with E-state index in [9.17, 15) is 4.79 Å². The standard InChI is InChI=1S/C16H25BrN4O2/c1-11(2)12-10-20(14-7-6-13(17)18-19-14)8-9-21(12)15(22)23-16(3,4)5/h6-7,11-12H,8-10H2,1-5H3/t12-/m1/s1. The smallest absolute Gasteiger partial charge is 0.410 e. The number of hydrogen-bond acceptors (Lipinski definition) is 5. The minimum atomic E-state index is -0.479. The van der Waals surface area contributed by atoms with Crippen molar-refractivity contribution in [1.82, 2.24) is 15.1 Å². The molecule has 2 rings (SSSR count). The summed E-state index contributed by atoms with van der Waals surface area (Å²) in [5, 5.41) is 8.27. The van der Waals surface area contributed by atoms with Crippen molar-refractivity contribution in [2.75, 3.05) is 24.5 Å². The van der Waals surface area contributed by atoms with E-state index in [1.54, 1.807) is 0 Å². The van der Waals surface area contributed by atoms with E-state index in [0.717, 1.165) is 18.9 Å². The normalized spacial score (nSPS) is 19.2. The van der Waals surface area contributed by atoms with Crippen molar-refractivity contribution in [2.45, 2.75) is 46.3 Å². The molecular formula is C16H25BrN4O2. The quantitative estimate of drug-likeness (QED) is 0.782. The Morgan fingerprint density at radius 3 is 2.52 bits per heavy atom. The van der Waals surface area contributed by atoms with Crippen LogP contribution in [0.2, 0.25) is 0 Å². The minimum Gasteiger partial charge on any atom is -0.444 e. The van der Waals surface area contributed by atoms with Gasteiger partial charge >= 0.3 is 6.09 Å². The van der Waals surface area contributed by atoms with Crippen molar-refractivity contribution in [3.63, 3.8) is 0 Å². The van der Waals surface area contributed by atoms with Crippen LogP contribution in [0.25, 0.3) is 0 Å². The monoisotopic (exact) mass is 384 g/mol. The maximum Gasteiger partial charge on any atom is 0.410 e. The predicted molar refractivity (Wildman–Crippen MR) is 93.5 cm³/mol. The van der Waals surface area contributed by atoms with Gasteiger partial charge in [-0.15, -0.1) is 10.2 Å². The second kappa shape index (κ2) is 7.03. The Labute approximate surface area is 146 Å². The van der Waals surface area contributed by atoms with Crippen molar-refractivity contribution in [3.05, 3.63) is 16.7 Å². The van der Waals surface area contributed by atoms with Gasteiger partial charge < -0.3 is 14.5 Å². The van der Waals surface area contributed by atoms with Crippen LogP contribution in [0.15, 0.2) is 16.7 Å². The van der Waals surface area contributed by atoms with Crippen molar-refractivity contribution < 1.29 is 9.53 Å². The molecule has 0 bridgehead atoms. The zero-order valence-electron chi connectivity index (χ0n) is 14.4. The first-order chi connectivity index (χ1) is 10.7. The van der Waals surface area contributed by atoms with E-state index in [4.69, 9.17) is 4.74 Å². The van der Waals surface area contributed by atoms with Crippen molar-refractivity contribution >= 4 is 27.8 Å². The molecule has 1 aromatic heterocycles. The molecule has 0 spiro atoms. The Bertz CT molecular complexity index is 542. The number of carbonyl (C=O) groups is 1. The van der Waals surface area contributed by atoms with Gasteiger partial charge in [0.15, 0.2) is 5.82 Å². The molecule has 0 N–H and O–H groups in total. The summed E-state index contributed by atoms with van der Waals surface area (Å²) in [5.74, 6) is 1.16. The number of anilines is 1. The van der Waals surface area contributed by atoms with Gasteiger partial charge in [-0.05, 0) is 54.8 Å². The average Bonchev–Trinajstić information content (AvgIpc) is 2.45. The topological polar surface area (TPSA) is 58.6 Å². The molecule has 1 aliphatic rings. The fourth-order valence-corrected chi connectivity index (χ4v) is 2.83. The first-order valence-corrected chi connectivity index (χ1v) is 8.70. The van der Waals surface area contributed by atoms with E-state index in [-0.39, 0.29) is 12.1 Å². The Hall–Kier alpha value is -1.37. The number of nitrogens with zero attached hydrogens (tertiary/aromatic N) is 4. The van der Waals surface area contributed by atoms with Gasteiger partial charge in [0.25, 0.3) is 0 Å². The lowest BCUT2D eigenvalue weighted by Gasteiger charge is -2.43. The molecule has 0 aliphatic carbocycles. The highest BCUT2D eigenvalue weighted by Crippen LogP contribution is 2.23. The van der Waals surface area contributed by atoms with Gasteiger partial charge in [0.05, 0.1) is 6.04 Å². The van der Waals surface area contributed by atoms with Crippen molar-refractivity contribution in [3.8, 4) is 0 Å². The summed E-state index contributed by atoms with van der Waals surface area (Å²) in [5.41, 5.74) is -0.479. The molecule has 0 aromatic carbocycles. The summed E-state index contributed by atoms with van der Waals surface area (Å²) in [6, 6.07) is 3.91. The molecule has 1 saturated heterocycles. The molecule has 1 aliphatic heterocycles. The molecule has 128 valence electrons. The highest BCUT2D eigenvalue weighted by molar-refractivity contribution is 9.10. The van der Waals surface area contributed by atoms with Gasteiger partial charge in [0.1, 0.15) is 10.2 Å². The lowest BCUT2D eigenvalue weighted by atomic mass is 10.00. The van der Waals surface area contributed by atoms with Crippen molar-refractivity contribution in [1.29, 1.82) is 0 Å². The third-order valence-electron chi connectivity index (χ3n) is 3.76. The molecule has 6 nitrogen and oxygen atoms in total. The number of ether oxygens (including phenoxy) is 1. The molecule has 7 heteroatoms. The summed E-state index contributed by atoms with van der Waals surface area (Å²) in [6.45, 7) is 12.0. The largest absolute Gasteiger partial charge is 0.444 e. The van der Waals surface area contributed by atoms with Crippen LogP contribution in [-0.4, -0.2) is 52.5 Å². The van der Waals surface area contributed by atoms with E-state index in [1.807, 2.05) is 37.8 Å². The van der Waals surface area contributed by atoms with Crippen LogP contribution >= 0.6 is 15.9 Å². The number of hydrogen-bond donors (Lipinski definition) is 0. The molecule has 1 atom stereocenters. The van der Waals surface area contributed by atoms with Crippen LogP contribution in [0.3, 0.4) is 0 Å². The minimum absolute atomic E-state index is 0.0871. The fraction of sp³-hybridized carbons (Fsp3) is 0.688. The van der Waals surface area contributed by atoms with Gasteiger partial charge in [-0.1, -0.05) is 13.8 Å². The van der Waals surface area contributed by atoms with E-state index in [2.05, 4.69) is 44.9 Å². The average molecular weight is 385 g/mol. The lowest BCUT2D eigenvalue weighted by Crippen LogP contribution is -2.58. The third-order valence-corrected chi connectivity index (χ3v) is 4.18. The highest BCUT2D eigenvalue weighted by atomic mass is 79.9. The number of aromatic nitrogens is 2. The van der Waals surface area contributed by atoms with Crippen LogP contribution < -0.4 is 4.90 Å². The van der Waals surface area contributed by atoms with Gasteiger partial charge in [-0.3, -0.25) is 0 Å². The molecule has 1 amide bonds. The van der Waals surface area contributed by atoms with Gasteiger partial charge in [-0.2, -0.15) is 0 Å². The predicted octanol–water partition coefficient (Wildman–Crippen LogP) is 3.32. The van der Waals surface area contributed by atoms with Crippen molar-refractivity contribution in [2.24, 2.45) is 5.92 Å². The molecule has 1 fully saturated rings. The van der Waals surface area contributed by atoms with Crippen LogP contribution in [0.1, 0.15) is 34.6 Å². The number of piperazine rings is 1. The molecule has 0 saturated carbocycles. The summed E-state index contributed by atoms with van der Waals surface area (Å²) < 4.78 is 6.27. The van der Waals surface area contributed by atoms with Crippen LogP contribution in [0.5, 0.6) is 0 Å². The summed E-state index contributed by atoms with van der Waals surface area (Å²) in [7, 11) is 0. The van der Waals surface area contributed by atoms with Gasteiger partial charge in [-0.25, -0.2) is 4.79 Å². The summed E-state index contributed by atoms with van der Waals surface area (Å²) in [6.07, 6.45) is -0.238. The molecule has 2 heterocycles. The van der Waals surface area contributed by atoms with Gasteiger partial charge in [0.2, 0.25) is 0 Å². The SMILES string of the molecule is CC(C)[C@H]1CN(c2ccc(Br)nn2)CCN1C(=O)OC(C)(C)C. The summed E-state index contributed by atoms with van der Waals surface area (Å²) in [4.78, 5) is 16.5. The van der Waals surface area contributed by atoms with Gasteiger partial charge in [0, 0.05) is 19.6 Å². The number of rotatable bonds is 2. The first-order valence-electron chi connectivity index (χ1n) is 7.91. The second-order valence-electron chi connectivity index (χ2n) is 7.15. The molecule has 1 aromatic rings. The Kier molecular flexibility index (Phi) is 5.49. The highest BCUT2D eigenvalue weighted by Gasteiger charge is 2.35. The van der Waals surface area contributed by atoms with Crippen LogP contribution in [-0.2, 0) is 4.74 Å². The maximum absolute atomic E-state index is 12.5. The number of halogens is 1. The molecule has 0 unspecified atom stereocenters. The number of carbonyl (C=O) groups excluding carboxylic acids is 1. The third kappa shape index (κ3) is 4.80. The first kappa shape index (κ1) is 18.0. The second-order valence-corrected chi connectivity index (χ2v) is 7.96. The Morgan fingerprint density at radius 1 is 1.30 bits per heavy atom.